The van der Waals surface area contributed by atoms with E-state index in [1.165, 1.54) is 7.11 Å². The van der Waals surface area contributed by atoms with E-state index in [-0.39, 0.29) is 32.5 Å². The molecular formula is C18H26N4O5. The molecule has 1 rings (SSSR count). The van der Waals surface area contributed by atoms with Gasteiger partial charge in [-0.15, -0.1) is 0 Å². The molecule has 0 aromatic heterocycles. The monoisotopic (exact) mass is 378 g/mol. The van der Waals surface area contributed by atoms with Crippen LogP contribution in [0.25, 0.3) is 0 Å². The highest BCUT2D eigenvalue weighted by atomic mass is 16.5. The first-order valence-corrected chi connectivity index (χ1v) is 8.42. The lowest BCUT2D eigenvalue weighted by Crippen LogP contribution is -2.38. The van der Waals surface area contributed by atoms with Crippen LogP contribution in [0.1, 0.15) is 25.3 Å². The molecule has 0 unspecified atom stereocenters. The molecule has 0 bridgehead atoms. The molecule has 0 heterocycles. The smallest absolute Gasteiger partial charge is 0.305 e. The van der Waals surface area contributed by atoms with E-state index in [9.17, 15) is 15.2 Å². The normalized spacial score (nSPS) is 13.1. The zero-order valence-corrected chi connectivity index (χ0v) is 15.6. The molecule has 27 heavy (non-hydrogen) atoms. The minimum atomic E-state index is -0.405. The quantitative estimate of drug-likeness (QED) is 0.234. The first kappa shape index (κ1) is 22.1. The van der Waals surface area contributed by atoms with Gasteiger partial charge in [-0.05, 0) is 12.5 Å². The Kier molecular flexibility index (Phi) is 10.2. The number of benzene rings is 1. The van der Waals surface area contributed by atoms with Crippen molar-refractivity contribution in [3.05, 3.63) is 35.9 Å². The van der Waals surface area contributed by atoms with Crippen molar-refractivity contribution in [2.45, 2.75) is 26.2 Å². The number of oxime groups is 3. The van der Waals surface area contributed by atoms with Gasteiger partial charge in [0.2, 0.25) is 0 Å². The van der Waals surface area contributed by atoms with Crippen molar-refractivity contribution in [2.24, 2.45) is 15.5 Å². The van der Waals surface area contributed by atoms with Gasteiger partial charge in [-0.3, -0.25) is 9.69 Å². The molecule has 1 aromatic rings. The molecule has 0 spiro atoms. The van der Waals surface area contributed by atoms with E-state index in [0.29, 0.717) is 23.6 Å². The third-order valence-corrected chi connectivity index (χ3v) is 3.81. The van der Waals surface area contributed by atoms with E-state index in [0.717, 1.165) is 5.56 Å². The average Bonchev–Trinajstić information content (AvgIpc) is 2.70. The average molecular weight is 378 g/mol. The number of esters is 1. The number of ether oxygens (including phenoxy) is 1. The Labute approximate surface area is 158 Å². The number of methoxy groups -OCH3 is 1. The summed E-state index contributed by atoms with van der Waals surface area (Å²) >= 11 is 0. The molecule has 0 saturated carbocycles. The molecule has 0 saturated heterocycles. The summed E-state index contributed by atoms with van der Waals surface area (Å²) in [5.74, 6) is -0.405. The Bertz CT molecular complexity index is 674. The van der Waals surface area contributed by atoms with Crippen LogP contribution in [-0.4, -0.2) is 70.4 Å². The number of nitrogens with zero attached hydrogens (tertiary/aromatic N) is 4. The van der Waals surface area contributed by atoms with Crippen molar-refractivity contribution in [1.82, 2.24) is 4.90 Å². The Morgan fingerprint density at radius 1 is 0.963 bits per heavy atom. The minimum absolute atomic E-state index is 0.0851. The first-order chi connectivity index (χ1) is 13.0. The predicted octanol–water partition coefficient (Wildman–Crippen LogP) is 1.99. The largest absolute Gasteiger partial charge is 0.469 e. The fourth-order valence-corrected chi connectivity index (χ4v) is 2.50. The van der Waals surface area contributed by atoms with Crippen molar-refractivity contribution < 1.29 is 25.2 Å². The number of hydrogen-bond acceptors (Lipinski definition) is 9. The first-order valence-electron chi connectivity index (χ1n) is 8.42. The Hall–Kier alpha value is -2.94. The summed E-state index contributed by atoms with van der Waals surface area (Å²) in [6.07, 6.45) is 0.748. The van der Waals surface area contributed by atoms with Gasteiger partial charge in [-0.1, -0.05) is 45.8 Å². The molecule has 0 radical (unpaired) electrons. The maximum Gasteiger partial charge on any atom is 0.305 e. The lowest BCUT2D eigenvalue weighted by molar-refractivity contribution is -0.140. The van der Waals surface area contributed by atoms with Crippen LogP contribution in [0, 0.1) is 0 Å². The van der Waals surface area contributed by atoms with E-state index in [4.69, 9.17) is 5.21 Å². The Morgan fingerprint density at radius 2 is 1.59 bits per heavy atom. The summed E-state index contributed by atoms with van der Waals surface area (Å²) in [6, 6.07) is 9.54. The third kappa shape index (κ3) is 8.82. The lowest BCUT2D eigenvalue weighted by atomic mass is 10.1. The summed E-state index contributed by atoms with van der Waals surface area (Å²) in [5.41, 5.74) is 2.29. The second-order valence-electron chi connectivity index (χ2n) is 6.05. The highest BCUT2D eigenvalue weighted by Crippen LogP contribution is 2.05. The zero-order valence-electron chi connectivity index (χ0n) is 15.6. The van der Waals surface area contributed by atoms with Crippen LogP contribution in [0.4, 0.5) is 0 Å². The molecule has 0 atom stereocenters. The SMILES string of the molecule is COC(=O)CC/C(CN(C/C(C)=N/O)C/C(Cc1ccccc1)=N/O)=N\O. The molecule has 0 aliphatic carbocycles. The maximum atomic E-state index is 11.3. The number of carbonyl (C=O) groups excluding carboxylic acids is 1. The fraction of sp³-hybridized carbons (Fsp3) is 0.444. The van der Waals surface area contributed by atoms with Crippen molar-refractivity contribution >= 4 is 23.1 Å². The van der Waals surface area contributed by atoms with Crippen LogP contribution in [0.3, 0.4) is 0 Å². The summed E-state index contributed by atoms with van der Waals surface area (Å²) < 4.78 is 4.59. The summed E-state index contributed by atoms with van der Waals surface area (Å²) in [6.45, 7) is 2.37. The molecule has 3 N–H and O–H groups in total. The number of carbonyl (C=O) groups is 1. The van der Waals surface area contributed by atoms with Crippen LogP contribution in [0.15, 0.2) is 45.8 Å². The van der Waals surface area contributed by atoms with Gasteiger partial charge in [0.15, 0.2) is 0 Å². The van der Waals surface area contributed by atoms with Crippen LogP contribution < -0.4 is 0 Å². The molecule has 0 amide bonds. The number of hydrogen-bond donors (Lipinski definition) is 3. The van der Waals surface area contributed by atoms with E-state index >= 15 is 0 Å². The molecule has 0 fully saturated rings. The predicted molar refractivity (Wildman–Crippen MR) is 101 cm³/mol. The second kappa shape index (κ2) is 12.4. The fourth-order valence-electron chi connectivity index (χ4n) is 2.50. The highest BCUT2D eigenvalue weighted by Gasteiger charge is 2.16. The van der Waals surface area contributed by atoms with Crippen LogP contribution >= 0.6 is 0 Å². The van der Waals surface area contributed by atoms with Crippen molar-refractivity contribution in [3.8, 4) is 0 Å². The standard InChI is InChI=1S/C18H26N4O5/c1-14(19-24)11-22(12-16(20-25)8-9-18(23)27-2)13-17(21-26)10-15-6-4-3-5-7-15/h3-7,24-26H,8-13H2,1-2H3/b19-14+,20-16+,21-17+. The highest BCUT2D eigenvalue weighted by molar-refractivity contribution is 5.92. The van der Waals surface area contributed by atoms with Gasteiger partial charge in [-0.2, -0.15) is 0 Å². The van der Waals surface area contributed by atoms with Crippen LogP contribution in [-0.2, 0) is 16.0 Å². The molecule has 0 aliphatic rings. The molecule has 0 aliphatic heterocycles. The van der Waals surface area contributed by atoms with Gasteiger partial charge in [-0.25, -0.2) is 0 Å². The zero-order chi connectivity index (χ0) is 20.1. The minimum Gasteiger partial charge on any atom is -0.469 e. The lowest BCUT2D eigenvalue weighted by Gasteiger charge is -2.22. The molecule has 9 nitrogen and oxygen atoms in total. The molecular weight excluding hydrogens is 352 g/mol. The summed E-state index contributed by atoms with van der Waals surface area (Å²) in [5, 5.41) is 37.3. The van der Waals surface area contributed by atoms with Gasteiger partial charge in [0.1, 0.15) is 0 Å². The van der Waals surface area contributed by atoms with E-state index < -0.39 is 5.97 Å². The van der Waals surface area contributed by atoms with Gasteiger partial charge >= 0.3 is 5.97 Å². The van der Waals surface area contributed by atoms with Gasteiger partial charge in [0.05, 0.1) is 30.7 Å². The van der Waals surface area contributed by atoms with E-state index in [1.807, 2.05) is 30.3 Å². The molecule has 1 aromatic carbocycles. The topological polar surface area (TPSA) is 127 Å². The van der Waals surface area contributed by atoms with E-state index in [2.05, 4.69) is 20.2 Å². The summed E-state index contributed by atoms with van der Waals surface area (Å²) in [7, 11) is 1.29. The van der Waals surface area contributed by atoms with Crippen LogP contribution in [0.5, 0.6) is 0 Å². The Morgan fingerprint density at radius 3 is 2.15 bits per heavy atom. The van der Waals surface area contributed by atoms with Crippen molar-refractivity contribution in [3.63, 3.8) is 0 Å². The van der Waals surface area contributed by atoms with Crippen molar-refractivity contribution in [2.75, 3.05) is 26.7 Å². The summed E-state index contributed by atoms with van der Waals surface area (Å²) in [4.78, 5) is 13.1. The van der Waals surface area contributed by atoms with Gasteiger partial charge < -0.3 is 20.4 Å². The second-order valence-corrected chi connectivity index (χ2v) is 6.05. The maximum absolute atomic E-state index is 11.3. The Balaban J connectivity index is 2.81. The van der Waals surface area contributed by atoms with Gasteiger partial charge in [0, 0.05) is 32.5 Å². The molecule has 9 heteroatoms. The van der Waals surface area contributed by atoms with Crippen LogP contribution in [0.2, 0.25) is 0 Å². The molecule has 148 valence electrons. The third-order valence-electron chi connectivity index (χ3n) is 3.81. The number of rotatable bonds is 11. The van der Waals surface area contributed by atoms with Crippen molar-refractivity contribution in [1.29, 1.82) is 0 Å². The van der Waals surface area contributed by atoms with Gasteiger partial charge in [0.25, 0.3) is 0 Å². The van der Waals surface area contributed by atoms with E-state index in [1.54, 1.807) is 11.8 Å².